The zero-order valence-electron chi connectivity index (χ0n) is 22.1. The summed E-state index contributed by atoms with van der Waals surface area (Å²) in [4.78, 5) is 59.2. The first-order valence-electron chi connectivity index (χ1n) is 13.5. The van der Waals surface area contributed by atoms with E-state index in [4.69, 9.17) is 14.3 Å². The maximum Gasteiger partial charge on any atom is 0.308 e. The molecule has 208 valence electrons. The second-order valence-electron chi connectivity index (χ2n) is 9.99. The number of likely N-dealkylation sites (tertiary alicyclic amines) is 2. The number of carbonyl (C=O) groups excluding carboxylic acids is 3. The van der Waals surface area contributed by atoms with Gasteiger partial charge in [0.2, 0.25) is 18.6 Å². The van der Waals surface area contributed by atoms with Crippen LogP contribution in [0.5, 0.6) is 11.5 Å². The summed E-state index contributed by atoms with van der Waals surface area (Å²) in [7, 11) is 0. The van der Waals surface area contributed by atoms with Gasteiger partial charge in [-0.1, -0.05) is 26.3 Å². The molecular weight excluding hydrogens is 494 g/mol. The molecule has 0 spiro atoms. The summed E-state index contributed by atoms with van der Waals surface area (Å²) in [5.41, 5.74) is 0.778. The second-order valence-corrected chi connectivity index (χ2v) is 9.99. The maximum absolute atomic E-state index is 13.4. The van der Waals surface area contributed by atoms with Gasteiger partial charge in [-0.05, 0) is 37.0 Å². The van der Waals surface area contributed by atoms with E-state index in [2.05, 4.69) is 0 Å². The molecular formula is C27H37N3O8. The van der Waals surface area contributed by atoms with Crippen LogP contribution in [0.25, 0.3) is 0 Å². The predicted octanol–water partition coefficient (Wildman–Crippen LogP) is 2.39. The third-order valence-corrected chi connectivity index (χ3v) is 7.44. The molecule has 0 aromatic heterocycles. The molecule has 11 nitrogen and oxygen atoms in total. The number of rotatable bonds is 13. The van der Waals surface area contributed by atoms with Gasteiger partial charge in [-0.15, -0.1) is 0 Å². The molecule has 1 N–H and O–H groups in total. The first kappa shape index (κ1) is 27.8. The topological polar surface area (TPSA) is 126 Å². The lowest BCUT2D eigenvalue weighted by Gasteiger charge is -2.30. The summed E-state index contributed by atoms with van der Waals surface area (Å²) in [6.07, 6.45) is 3.05. The minimum absolute atomic E-state index is 0.0230. The number of benzene rings is 1. The summed E-state index contributed by atoms with van der Waals surface area (Å²) < 4.78 is 10.9. The number of carboxylic acids is 1. The Balaban J connectivity index is 1.59. The number of ether oxygens (including phenoxy) is 2. The molecule has 38 heavy (non-hydrogen) atoms. The van der Waals surface area contributed by atoms with Crippen LogP contribution < -0.4 is 9.47 Å². The van der Waals surface area contributed by atoms with Crippen molar-refractivity contribution in [3.05, 3.63) is 23.8 Å². The van der Waals surface area contributed by atoms with E-state index in [9.17, 15) is 24.3 Å². The summed E-state index contributed by atoms with van der Waals surface area (Å²) >= 11 is 0. The number of carbonyl (C=O) groups is 4. The molecule has 3 unspecified atom stereocenters. The van der Waals surface area contributed by atoms with E-state index in [1.807, 2.05) is 24.8 Å². The van der Waals surface area contributed by atoms with Crippen LogP contribution >= 0.6 is 0 Å². The molecule has 2 saturated heterocycles. The Bertz CT molecular complexity index is 1020. The Kier molecular flexibility index (Phi) is 9.22. The smallest absolute Gasteiger partial charge is 0.308 e. The zero-order chi connectivity index (χ0) is 27.2. The Labute approximate surface area is 222 Å². The fraction of sp³-hybridized carbons (Fsp3) is 0.630. The van der Waals surface area contributed by atoms with Crippen molar-refractivity contribution >= 4 is 23.7 Å². The highest BCUT2D eigenvalue weighted by Crippen LogP contribution is 2.42. The van der Waals surface area contributed by atoms with Gasteiger partial charge >= 0.3 is 5.97 Å². The highest BCUT2D eigenvalue weighted by atomic mass is 16.7. The van der Waals surface area contributed by atoms with Gasteiger partial charge < -0.3 is 14.6 Å². The van der Waals surface area contributed by atoms with Crippen LogP contribution in [0.3, 0.4) is 0 Å². The van der Waals surface area contributed by atoms with Gasteiger partial charge in [-0.2, -0.15) is 0 Å². The maximum atomic E-state index is 13.4. The lowest BCUT2D eigenvalue weighted by Crippen LogP contribution is -2.46. The number of nitrogens with zero attached hydrogens (tertiary/aromatic N) is 3. The van der Waals surface area contributed by atoms with Gasteiger partial charge in [0.05, 0.1) is 19.1 Å². The Morgan fingerprint density at radius 2 is 1.84 bits per heavy atom. The number of unbranched alkanes of at least 4 members (excludes halogenated alkanes) is 1. The predicted molar refractivity (Wildman–Crippen MR) is 135 cm³/mol. The highest BCUT2D eigenvalue weighted by molar-refractivity contribution is 6.01. The van der Waals surface area contributed by atoms with Gasteiger partial charge in [0.25, 0.3) is 5.91 Å². The molecule has 0 saturated carbocycles. The number of aliphatic carboxylic acids is 1. The number of hydroxylamine groups is 2. The molecule has 3 aliphatic rings. The monoisotopic (exact) mass is 531 g/mol. The summed E-state index contributed by atoms with van der Waals surface area (Å²) in [6, 6.07) is 4.84. The lowest BCUT2D eigenvalue weighted by atomic mass is 9.84. The van der Waals surface area contributed by atoms with Crippen LogP contribution in [-0.4, -0.2) is 89.3 Å². The summed E-state index contributed by atoms with van der Waals surface area (Å²) in [5.74, 6) is -1.82. The van der Waals surface area contributed by atoms with Crippen LogP contribution in [0.4, 0.5) is 0 Å². The van der Waals surface area contributed by atoms with Crippen molar-refractivity contribution in [2.75, 3.05) is 39.6 Å². The number of imide groups is 1. The van der Waals surface area contributed by atoms with Gasteiger partial charge in [-0.25, -0.2) is 5.06 Å². The van der Waals surface area contributed by atoms with E-state index in [1.165, 1.54) is 9.96 Å². The Morgan fingerprint density at radius 1 is 1.11 bits per heavy atom. The number of amides is 3. The SMILES string of the molecule is CCCCN(OCCC)C(=O)CN1CC(c2ccc3c(c2)OCO3)C(C(=O)O)C1CCN1C(=O)CCC1=O. The largest absolute Gasteiger partial charge is 0.481 e. The first-order valence-corrected chi connectivity index (χ1v) is 13.5. The molecule has 3 atom stereocenters. The summed E-state index contributed by atoms with van der Waals surface area (Å²) in [6.45, 7) is 5.40. The molecule has 4 rings (SSSR count). The average molecular weight is 532 g/mol. The van der Waals surface area contributed by atoms with Crippen LogP contribution in [-0.2, 0) is 24.0 Å². The normalized spacial score (nSPS) is 22.9. The van der Waals surface area contributed by atoms with Crippen molar-refractivity contribution in [2.24, 2.45) is 5.92 Å². The van der Waals surface area contributed by atoms with Gasteiger partial charge in [0.15, 0.2) is 11.5 Å². The molecule has 1 aromatic carbocycles. The van der Waals surface area contributed by atoms with Crippen LogP contribution in [0.1, 0.15) is 63.9 Å². The minimum Gasteiger partial charge on any atom is -0.481 e. The molecule has 0 aliphatic carbocycles. The second kappa shape index (κ2) is 12.6. The Hall–Kier alpha value is -3.18. The third kappa shape index (κ3) is 6.10. The fourth-order valence-corrected chi connectivity index (χ4v) is 5.48. The number of fused-ring (bicyclic) bond motifs is 1. The molecule has 0 bridgehead atoms. The molecule has 3 aliphatic heterocycles. The van der Waals surface area contributed by atoms with E-state index in [1.54, 1.807) is 12.1 Å². The van der Waals surface area contributed by atoms with Crippen molar-refractivity contribution in [1.82, 2.24) is 14.9 Å². The van der Waals surface area contributed by atoms with Crippen molar-refractivity contribution in [3.63, 3.8) is 0 Å². The van der Waals surface area contributed by atoms with Gasteiger partial charge in [0, 0.05) is 44.4 Å². The molecule has 1 aromatic rings. The quantitative estimate of drug-likeness (QED) is 0.302. The van der Waals surface area contributed by atoms with Crippen molar-refractivity contribution in [1.29, 1.82) is 0 Å². The van der Waals surface area contributed by atoms with Crippen LogP contribution in [0.2, 0.25) is 0 Å². The molecule has 3 amide bonds. The van der Waals surface area contributed by atoms with Crippen molar-refractivity contribution in [3.8, 4) is 11.5 Å². The fourth-order valence-electron chi connectivity index (χ4n) is 5.48. The Morgan fingerprint density at radius 3 is 2.53 bits per heavy atom. The molecule has 2 fully saturated rings. The molecule has 11 heteroatoms. The van der Waals surface area contributed by atoms with E-state index in [-0.39, 0.29) is 56.9 Å². The first-order chi connectivity index (χ1) is 18.3. The molecule has 0 radical (unpaired) electrons. The van der Waals surface area contributed by atoms with Crippen molar-refractivity contribution in [2.45, 2.75) is 64.3 Å². The molecule has 3 heterocycles. The third-order valence-electron chi connectivity index (χ3n) is 7.44. The average Bonchev–Trinajstić information content (AvgIpc) is 3.59. The van der Waals surface area contributed by atoms with Crippen molar-refractivity contribution < 1.29 is 38.6 Å². The van der Waals surface area contributed by atoms with Crippen LogP contribution in [0, 0.1) is 5.92 Å². The number of hydrogen-bond donors (Lipinski definition) is 1. The van der Waals surface area contributed by atoms with Gasteiger partial charge in [-0.3, -0.25) is 33.8 Å². The van der Waals surface area contributed by atoms with E-state index < -0.39 is 23.8 Å². The van der Waals surface area contributed by atoms with E-state index in [0.717, 1.165) is 24.8 Å². The van der Waals surface area contributed by atoms with E-state index >= 15 is 0 Å². The lowest BCUT2D eigenvalue weighted by molar-refractivity contribution is -0.188. The highest BCUT2D eigenvalue weighted by Gasteiger charge is 2.48. The van der Waals surface area contributed by atoms with Crippen LogP contribution in [0.15, 0.2) is 18.2 Å². The van der Waals surface area contributed by atoms with Gasteiger partial charge in [0.1, 0.15) is 0 Å². The number of hydrogen-bond acceptors (Lipinski definition) is 8. The zero-order valence-corrected chi connectivity index (χ0v) is 22.1. The summed E-state index contributed by atoms with van der Waals surface area (Å²) in [5, 5.41) is 11.7. The minimum atomic E-state index is -0.989. The van der Waals surface area contributed by atoms with E-state index in [0.29, 0.717) is 31.2 Å². The number of carboxylic acid groups (broad SMARTS) is 1. The standard InChI is InChI=1S/C27H37N3O8/c1-3-5-11-30(38-13-4-2)25(33)16-28-15-19(18-6-7-21-22(14-18)37-17-36-21)26(27(34)35)20(28)10-12-29-23(31)8-9-24(29)32/h6-7,14,19-20,26H,3-5,8-13,15-17H2,1-2H3,(H,34,35).